The van der Waals surface area contributed by atoms with Crippen LogP contribution in [-0.2, 0) is 4.74 Å². The van der Waals surface area contributed by atoms with Crippen LogP contribution in [0.4, 0.5) is 8.78 Å². The Bertz CT molecular complexity index is 501. The highest BCUT2D eigenvalue weighted by molar-refractivity contribution is 5.22. The van der Waals surface area contributed by atoms with Gasteiger partial charge in [0.1, 0.15) is 0 Å². The zero-order valence-corrected chi connectivity index (χ0v) is 13.1. The SMILES string of the molecule is CC1(C)CN(CC(N)c2cccc(F)c2F)CC(C)(C)O1. The second-order valence-corrected chi connectivity index (χ2v) is 7.04. The predicted octanol–water partition coefficient (Wildman–Crippen LogP) is 2.85. The van der Waals surface area contributed by atoms with Gasteiger partial charge in [0, 0.05) is 31.2 Å². The molecule has 0 aromatic heterocycles. The molecule has 0 amide bonds. The zero-order chi connectivity index (χ0) is 15.8. The number of benzene rings is 1. The van der Waals surface area contributed by atoms with Gasteiger partial charge in [-0.3, -0.25) is 4.90 Å². The largest absolute Gasteiger partial charge is 0.367 e. The van der Waals surface area contributed by atoms with Crippen LogP contribution >= 0.6 is 0 Å². The van der Waals surface area contributed by atoms with Crippen LogP contribution < -0.4 is 5.73 Å². The quantitative estimate of drug-likeness (QED) is 0.932. The van der Waals surface area contributed by atoms with E-state index in [0.29, 0.717) is 19.6 Å². The Balaban J connectivity index is 2.12. The first-order valence-electron chi connectivity index (χ1n) is 7.22. The standard InChI is InChI=1S/C16H24F2N2O/c1-15(2)9-20(10-16(3,4)21-15)8-13(19)11-6-5-7-12(17)14(11)18/h5-7,13H,8-10,19H2,1-4H3. The fraction of sp³-hybridized carbons (Fsp3) is 0.625. The molecule has 1 unspecified atom stereocenters. The molecular weight excluding hydrogens is 274 g/mol. The Kier molecular flexibility index (Phi) is 4.38. The molecule has 5 heteroatoms. The number of rotatable bonds is 3. The first-order valence-corrected chi connectivity index (χ1v) is 7.22. The molecule has 0 bridgehead atoms. The summed E-state index contributed by atoms with van der Waals surface area (Å²) in [6, 6.07) is 3.57. The molecule has 1 saturated heterocycles. The molecule has 1 aromatic carbocycles. The number of hydrogen-bond acceptors (Lipinski definition) is 3. The summed E-state index contributed by atoms with van der Waals surface area (Å²) in [6.45, 7) is 9.98. The predicted molar refractivity (Wildman–Crippen MR) is 79.0 cm³/mol. The van der Waals surface area contributed by atoms with Crippen LogP contribution in [0.3, 0.4) is 0 Å². The van der Waals surface area contributed by atoms with E-state index in [1.165, 1.54) is 6.07 Å². The van der Waals surface area contributed by atoms with Crippen LogP contribution in [0.5, 0.6) is 0 Å². The Labute approximate surface area is 125 Å². The molecule has 0 radical (unpaired) electrons. The van der Waals surface area contributed by atoms with Crippen molar-refractivity contribution in [3.63, 3.8) is 0 Å². The van der Waals surface area contributed by atoms with Gasteiger partial charge in [-0.25, -0.2) is 8.78 Å². The van der Waals surface area contributed by atoms with Crippen LogP contribution in [-0.4, -0.2) is 35.7 Å². The maximum atomic E-state index is 13.8. The summed E-state index contributed by atoms with van der Waals surface area (Å²) < 4.78 is 33.1. The fourth-order valence-electron chi connectivity index (χ4n) is 3.26. The van der Waals surface area contributed by atoms with Crippen molar-refractivity contribution in [3.8, 4) is 0 Å². The molecule has 1 aliphatic rings. The molecule has 2 N–H and O–H groups in total. The molecule has 1 fully saturated rings. The Morgan fingerprint density at radius 1 is 1.19 bits per heavy atom. The third kappa shape index (κ3) is 3.99. The van der Waals surface area contributed by atoms with Crippen molar-refractivity contribution in [3.05, 3.63) is 35.4 Å². The summed E-state index contributed by atoms with van der Waals surface area (Å²) in [5, 5.41) is 0. The molecule has 1 aromatic rings. The Morgan fingerprint density at radius 3 is 2.33 bits per heavy atom. The summed E-state index contributed by atoms with van der Waals surface area (Å²) in [6.07, 6.45) is 0. The van der Waals surface area contributed by atoms with Crippen LogP contribution in [0.25, 0.3) is 0 Å². The minimum atomic E-state index is -0.856. The lowest BCUT2D eigenvalue weighted by molar-refractivity contribution is -0.181. The Hall–Kier alpha value is -1.04. The number of halogens is 2. The van der Waals surface area contributed by atoms with Crippen LogP contribution in [0.15, 0.2) is 18.2 Å². The van der Waals surface area contributed by atoms with Crippen molar-refractivity contribution in [1.29, 1.82) is 0 Å². The first-order chi connectivity index (χ1) is 9.60. The van der Waals surface area contributed by atoms with Crippen molar-refractivity contribution in [1.82, 2.24) is 4.90 Å². The molecule has 0 aliphatic carbocycles. The molecule has 21 heavy (non-hydrogen) atoms. The smallest absolute Gasteiger partial charge is 0.163 e. The van der Waals surface area contributed by atoms with Gasteiger partial charge in [-0.2, -0.15) is 0 Å². The van der Waals surface area contributed by atoms with Crippen molar-refractivity contribution < 1.29 is 13.5 Å². The van der Waals surface area contributed by atoms with Crippen LogP contribution in [0, 0.1) is 11.6 Å². The van der Waals surface area contributed by atoms with E-state index in [-0.39, 0.29) is 16.8 Å². The van der Waals surface area contributed by atoms with E-state index in [1.54, 1.807) is 6.07 Å². The van der Waals surface area contributed by atoms with Crippen molar-refractivity contribution in [2.75, 3.05) is 19.6 Å². The van der Waals surface area contributed by atoms with E-state index in [1.807, 2.05) is 27.7 Å². The van der Waals surface area contributed by atoms with Gasteiger partial charge in [-0.05, 0) is 33.8 Å². The van der Waals surface area contributed by atoms with E-state index < -0.39 is 17.7 Å². The maximum Gasteiger partial charge on any atom is 0.163 e. The lowest BCUT2D eigenvalue weighted by atomic mass is 9.97. The average molecular weight is 298 g/mol. The molecule has 1 aliphatic heterocycles. The van der Waals surface area contributed by atoms with Gasteiger partial charge in [0.2, 0.25) is 0 Å². The number of hydrogen-bond donors (Lipinski definition) is 1. The topological polar surface area (TPSA) is 38.5 Å². The molecule has 0 saturated carbocycles. The second-order valence-electron chi connectivity index (χ2n) is 7.04. The monoisotopic (exact) mass is 298 g/mol. The molecule has 2 rings (SSSR count). The van der Waals surface area contributed by atoms with E-state index in [0.717, 1.165) is 6.07 Å². The van der Waals surface area contributed by atoms with Gasteiger partial charge in [-0.15, -0.1) is 0 Å². The van der Waals surface area contributed by atoms with Crippen molar-refractivity contribution in [2.45, 2.75) is 44.9 Å². The first kappa shape index (κ1) is 16.3. The van der Waals surface area contributed by atoms with E-state index in [2.05, 4.69) is 4.90 Å². The molecule has 1 atom stereocenters. The highest BCUT2D eigenvalue weighted by Crippen LogP contribution is 2.29. The summed E-state index contributed by atoms with van der Waals surface area (Å²) in [7, 11) is 0. The highest BCUT2D eigenvalue weighted by atomic mass is 19.2. The van der Waals surface area contributed by atoms with Gasteiger partial charge in [0.15, 0.2) is 11.6 Å². The summed E-state index contributed by atoms with van der Waals surface area (Å²) in [5.74, 6) is -1.71. The van der Waals surface area contributed by atoms with Gasteiger partial charge >= 0.3 is 0 Å². The van der Waals surface area contributed by atoms with Gasteiger partial charge < -0.3 is 10.5 Å². The molecule has 3 nitrogen and oxygen atoms in total. The highest BCUT2D eigenvalue weighted by Gasteiger charge is 2.38. The van der Waals surface area contributed by atoms with E-state index in [9.17, 15) is 8.78 Å². The minimum absolute atomic E-state index is 0.220. The molecule has 1 heterocycles. The lowest BCUT2D eigenvalue weighted by Gasteiger charge is -2.47. The number of ether oxygens (including phenoxy) is 1. The minimum Gasteiger partial charge on any atom is -0.367 e. The lowest BCUT2D eigenvalue weighted by Crippen LogP contribution is -2.58. The third-order valence-corrected chi connectivity index (χ3v) is 3.60. The van der Waals surface area contributed by atoms with Gasteiger partial charge in [-0.1, -0.05) is 12.1 Å². The van der Waals surface area contributed by atoms with Gasteiger partial charge in [0.25, 0.3) is 0 Å². The van der Waals surface area contributed by atoms with Crippen molar-refractivity contribution in [2.24, 2.45) is 5.73 Å². The number of nitrogens with zero attached hydrogens (tertiary/aromatic N) is 1. The summed E-state index contributed by atoms with van der Waals surface area (Å²) in [5.41, 5.74) is 5.72. The fourth-order valence-corrected chi connectivity index (χ4v) is 3.26. The van der Waals surface area contributed by atoms with E-state index in [4.69, 9.17) is 10.5 Å². The maximum absolute atomic E-state index is 13.8. The van der Waals surface area contributed by atoms with Crippen LogP contribution in [0.2, 0.25) is 0 Å². The number of nitrogens with two attached hydrogens (primary N) is 1. The summed E-state index contributed by atoms with van der Waals surface area (Å²) in [4.78, 5) is 2.15. The van der Waals surface area contributed by atoms with Gasteiger partial charge in [0.05, 0.1) is 11.2 Å². The second kappa shape index (κ2) is 5.63. The van der Waals surface area contributed by atoms with Crippen molar-refractivity contribution >= 4 is 0 Å². The average Bonchev–Trinajstić information content (AvgIpc) is 2.28. The third-order valence-electron chi connectivity index (χ3n) is 3.60. The summed E-state index contributed by atoms with van der Waals surface area (Å²) >= 11 is 0. The zero-order valence-electron chi connectivity index (χ0n) is 13.1. The van der Waals surface area contributed by atoms with Crippen LogP contribution in [0.1, 0.15) is 39.3 Å². The molecular formula is C16H24F2N2O. The normalized spacial score (nSPS) is 23.0. The van der Waals surface area contributed by atoms with E-state index >= 15 is 0 Å². The molecule has 118 valence electrons. The molecule has 0 spiro atoms. The Morgan fingerprint density at radius 2 is 1.76 bits per heavy atom. The number of morpholine rings is 1.